The lowest BCUT2D eigenvalue weighted by Crippen LogP contribution is -2.06. The zero-order valence-corrected chi connectivity index (χ0v) is 10.3. The van der Waals surface area contributed by atoms with Crippen molar-refractivity contribution >= 4 is 0 Å². The first-order valence-electron chi connectivity index (χ1n) is 5.69. The lowest BCUT2D eigenvalue weighted by atomic mass is 10.0. The van der Waals surface area contributed by atoms with E-state index in [1.807, 2.05) is 12.1 Å². The molecular formula is C13H21NO2. The third kappa shape index (κ3) is 3.42. The highest BCUT2D eigenvalue weighted by Gasteiger charge is 2.07. The third-order valence-electron chi connectivity index (χ3n) is 2.46. The van der Waals surface area contributed by atoms with Gasteiger partial charge in [0.05, 0.1) is 13.7 Å². The van der Waals surface area contributed by atoms with Gasteiger partial charge in [0.15, 0.2) is 11.5 Å². The van der Waals surface area contributed by atoms with Crippen molar-refractivity contribution in [3.63, 3.8) is 0 Å². The summed E-state index contributed by atoms with van der Waals surface area (Å²) in [6.45, 7) is 5.59. The Morgan fingerprint density at radius 3 is 2.56 bits per heavy atom. The van der Waals surface area contributed by atoms with Crippen molar-refractivity contribution < 1.29 is 9.47 Å². The minimum atomic E-state index is 0.493. The van der Waals surface area contributed by atoms with Gasteiger partial charge >= 0.3 is 0 Å². The molecule has 1 rings (SSSR count). The summed E-state index contributed by atoms with van der Waals surface area (Å²) in [6.07, 6.45) is 0.856. The van der Waals surface area contributed by atoms with Crippen LogP contribution in [0.1, 0.15) is 31.7 Å². The van der Waals surface area contributed by atoms with Crippen LogP contribution in [-0.4, -0.2) is 20.3 Å². The van der Waals surface area contributed by atoms with Gasteiger partial charge in [-0.1, -0.05) is 19.9 Å². The molecule has 2 N–H and O–H groups in total. The van der Waals surface area contributed by atoms with Crippen LogP contribution in [0.15, 0.2) is 18.2 Å². The molecule has 0 fully saturated rings. The van der Waals surface area contributed by atoms with E-state index >= 15 is 0 Å². The maximum atomic E-state index is 5.60. The van der Waals surface area contributed by atoms with Crippen LogP contribution in [0.4, 0.5) is 0 Å². The fourth-order valence-electron chi connectivity index (χ4n) is 1.43. The average molecular weight is 223 g/mol. The molecule has 0 heterocycles. The van der Waals surface area contributed by atoms with Crippen LogP contribution >= 0.6 is 0 Å². The van der Waals surface area contributed by atoms with E-state index in [4.69, 9.17) is 15.2 Å². The minimum Gasteiger partial charge on any atom is -0.493 e. The van der Waals surface area contributed by atoms with Crippen molar-refractivity contribution in [3.05, 3.63) is 23.8 Å². The Kier molecular flexibility index (Phi) is 5.12. The van der Waals surface area contributed by atoms with Gasteiger partial charge in [-0.2, -0.15) is 0 Å². The van der Waals surface area contributed by atoms with Crippen LogP contribution in [-0.2, 0) is 0 Å². The van der Waals surface area contributed by atoms with Gasteiger partial charge in [0.1, 0.15) is 0 Å². The summed E-state index contributed by atoms with van der Waals surface area (Å²) in [5.74, 6) is 2.08. The topological polar surface area (TPSA) is 44.5 Å². The molecule has 1 aromatic carbocycles. The van der Waals surface area contributed by atoms with Crippen LogP contribution in [0.2, 0.25) is 0 Å². The van der Waals surface area contributed by atoms with E-state index in [1.54, 1.807) is 7.11 Å². The molecule has 1 aromatic rings. The maximum absolute atomic E-state index is 5.60. The zero-order chi connectivity index (χ0) is 12.0. The van der Waals surface area contributed by atoms with Gasteiger partial charge in [-0.25, -0.2) is 0 Å². The second-order valence-electron chi connectivity index (χ2n) is 4.06. The van der Waals surface area contributed by atoms with Crippen molar-refractivity contribution in [3.8, 4) is 11.5 Å². The van der Waals surface area contributed by atoms with Crippen LogP contribution in [0.25, 0.3) is 0 Å². The fourth-order valence-corrected chi connectivity index (χ4v) is 1.43. The van der Waals surface area contributed by atoms with E-state index in [9.17, 15) is 0 Å². The minimum absolute atomic E-state index is 0.493. The summed E-state index contributed by atoms with van der Waals surface area (Å²) in [5.41, 5.74) is 6.67. The Bertz CT molecular complexity index is 324. The number of methoxy groups -OCH3 is 1. The Balaban J connectivity index is 2.76. The monoisotopic (exact) mass is 223 g/mol. The summed E-state index contributed by atoms with van der Waals surface area (Å²) in [7, 11) is 1.66. The summed E-state index contributed by atoms with van der Waals surface area (Å²) in [5, 5.41) is 0. The molecule has 3 heteroatoms. The van der Waals surface area contributed by atoms with Crippen LogP contribution < -0.4 is 15.2 Å². The first-order chi connectivity index (χ1) is 7.69. The van der Waals surface area contributed by atoms with Gasteiger partial charge in [-0.15, -0.1) is 0 Å². The highest BCUT2D eigenvalue weighted by atomic mass is 16.5. The lowest BCUT2D eigenvalue weighted by molar-refractivity contribution is 0.291. The second kappa shape index (κ2) is 6.38. The number of hydrogen-bond donors (Lipinski definition) is 1. The van der Waals surface area contributed by atoms with E-state index in [1.165, 1.54) is 5.56 Å². The standard InChI is InChI=1S/C13H21NO2/c1-10(2)11-5-6-12(13(9-11)15-3)16-8-4-7-14/h5-6,9-10H,4,7-8,14H2,1-3H3. The number of benzene rings is 1. The van der Waals surface area contributed by atoms with Crippen molar-refractivity contribution in [2.45, 2.75) is 26.2 Å². The van der Waals surface area contributed by atoms with Crippen molar-refractivity contribution in [1.82, 2.24) is 0 Å². The molecule has 0 amide bonds. The summed E-state index contributed by atoms with van der Waals surface area (Å²) < 4.78 is 10.9. The number of rotatable bonds is 6. The molecule has 90 valence electrons. The Morgan fingerprint density at radius 2 is 2.00 bits per heavy atom. The molecule has 0 saturated heterocycles. The van der Waals surface area contributed by atoms with E-state index < -0.39 is 0 Å². The summed E-state index contributed by atoms with van der Waals surface area (Å²) in [6, 6.07) is 6.07. The number of nitrogens with two attached hydrogens (primary N) is 1. The maximum Gasteiger partial charge on any atom is 0.161 e. The number of ether oxygens (including phenoxy) is 2. The summed E-state index contributed by atoms with van der Waals surface area (Å²) in [4.78, 5) is 0. The largest absolute Gasteiger partial charge is 0.493 e. The Labute approximate surface area is 97.6 Å². The Hall–Kier alpha value is -1.22. The van der Waals surface area contributed by atoms with E-state index in [-0.39, 0.29) is 0 Å². The SMILES string of the molecule is COc1cc(C(C)C)ccc1OCCCN. The molecule has 0 aromatic heterocycles. The van der Waals surface area contributed by atoms with Gasteiger partial charge in [-0.3, -0.25) is 0 Å². The average Bonchev–Trinajstić information content (AvgIpc) is 2.29. The molecule has 0 saturated carbocycles. The van der Waals surface area contributed by atoms with E-state index in [0.29, 0.717) is 19.1 Å². The molecule has 0 atom stereocenters. The van der Waals surface area contributed by atoms with Crippen molar-refractivity contribution in [1.29, 1.82) is 0 Å². The first-order valence-corrected chi connectivity index (χ1v) is 5.69. The van der Waals surface area contributed by atoms with Crippen LogP contribution in [0.5, 0.6) is 11.5 Å². The normalized spacial score (nSPS) is 10.6. The quantitative estimate of drug-likeness (QED) is 0.754. The van der Waals surface area contributed by atoms with E-state index in [2.05, 4.69) is 19.9 Å². The van der Waals surface area contributed by atoms with Gasteiger partial charge in [0.25, 0.3) is 0 Å². The van der Waals surface area contributed by atoms with Crippen molar-refractivity contribution in [2.24, 2.45) is 5.73 Å². The molecular weight excluding hydrogens is 202 g/mol. The summed E-state index contributed by atoms with van der Waals surface area (Å²) >= 11 is 0. The lowest BCUT2D eigenvalue weighted by Gasteiger charge is -2.13. The molecule has 0 aliphatic heterocycles. The highest BCUT2D eigenvalue weighted by molar-refractivity contribution is 5.43. The van der Waals surface area contributed by atoms with E-state index in [0.717, 1.165) is 17.9 Å². The van der Waals surface area contributed by atoms with Crippen LogP contribution in [0.3, 0.4) is 0 Å². The van der Waals surface area contributed by atoms with Gasteiger partial charge < -0.3 is 15.2 Å². The molecule has 0 unspecified atom stereocenters. The second-order valence-corrected chi connectivity index (χ2v) is 4.06. The predicted octanol–water partition coefficient (Wildman–Crippen LogP) is 2.55. The van der Waals surface area contributed by atoms with Crippen LogP contribution in [0, 0.1) is 0 Å². The molecule has 16 heavy (non-hydrogen) atoms. The third-order valence-corrected chi connectivity index (χ3v) is 2.46. The fraction of sp³-hybridized carbons (Fsp3) is 0.538. The molecule has 0 aliphatic rings. The highest BCUT2D eigenvalue weighted by Crippen LogP contribution is 2.30. The molecule has 3 nitrogen and oxygen atoms in total. The van der Waals surface area contributed by atoms with Gasteiger partial charge in [0, 0.05) is 0 Å². The molecule has 0 bridgehead atoms. The van der Waals surface area contributed by atoms with Crippen molar-refractivity contribution in [2.75, 3.05) is 20.3 Å². The predicted molar refractivity (Wildman–Crippen MR) is 66.2 cm³/mol. The van der Waals surface area contributed by atoms with Gasteiger partial charge in [0.2, 0.25) is 0 Å². The smallest absolute Gasteiger partial charge is 0.161 e. The zero-order valence-electron chi connectivity index (χ0n) is 10.3. The molecule has 0 radical (unpaired) electrons. The molecule has 0 spiro atoms. The Morgan fingerprint density at radius 1 is 1.25 bits per heavy atom. The number of hydrogen-bond acceptors (Lipinski definition) is 3. The first kappa shape index (κ1) is 12.8. The van der Waals surface area contributed by atoms with Gasteiger partial charge in [-0.05, 0) is 36.6 Å². The molecule has 0 aliphatic carbocycles.